The molecule has 4 nitrogen and oxygen atoms in total. The number of aryl methyl sites for hydroxylation is 1. The van der Waals surface area contributed by atoms with Crippen molar-refractivity contribution in [2.45, 2.75) is 36.1 Å². The normalized spacial score (nSPS) is 12.2. The third-order valence-electron chi connectivity index (χ3n) is 5.28. The quantitative estimate of drug-likeness (QED) is 0.159. The van der Waals surface area contributed by atoms with Crippen LogP contribution < -0.4 is 0 Å². The number of imidazole rings is 2. The van der Waals surface area contributed by atoms with Gasteiger partial charge in [-0.15, -0.1) is 0 Å². The van der Waals surface area contributed by atoms with Gasteiger partial charge in [-0.2, -0.15) is 12.6 Å². The Morgan fingerprint density at radius 2 is 1.68 bits per heavy atom. The van der Waals surface area contributed by atoms with E-state index in [2.05, 4.69) is 63.1 Å². The zero-order valence-corrected chi connectivity index (χ0v) is 19.4. The number of thioether (sulfide) groups is 1. The summed E-state index contributed by atoms with van der Waals surface area (Å²) in [6.45, 7) is 0. The molecule has 0 radical (unpaired) electrons. The number of hydrogen-bond donors (Lipinski definition) is 2. The SMILES string of the molecule is Cn1ccnc1SCCCCCC(S)c1nc(-c2ccccc2)c(-c2ccccc2)[nH]1. The summed E-state index contributed by atoms with van der Waals surface area (Å²) in [5.41, 5.74) is 4.32. The molecule has 1 unspecified atom stereocenters. The number of nitrogens with zero attached hydrogens (tertiary/aromatic N) is 3. The molecule has 2 aromatic heterocycles. The molecule has 2 aromatic carbocycles. The summed E-state index contributed by atoms with van der Waals surface area (Å²) >= 11 is 6.70. The first-order valence-corrected chi connectivity index (χ1v) is 12.2. The van der Waals surface area contributed by atoms with E-state index in [1.165, 1.54) is 12.8 Å². The number of hydrogen-bond acceptors (Lipinski definition) is 4. The number of thiol groups is 1. The molecule has 1 N–H and O–H groups in total. The molecular formula is C25H28N4S2. The first-order valence-electron chi connectivity index (χ1n) is 10.7. The van der Waals surface area contributed by atoms with Gasteiger partial charge in [0.1, 0.15) is 5.82 Å². The van der Waals surface area contributed by atoms with Crippen molar-refractivity contribution in [3.05, 3.63) is 78.9 Å². The van der Waals surface area contributed by atoms with Crippen LogP contribution in [0.1, 0.15) is 36.8 Å². The zero-order chi connectivity index (χ0) is 21.5. The van der Waals surface area contributed by atoms with Crippen LogP contribution in [0.5, 0.6) is 0 Å². The van der Waals surface area contributed by atoms with Crippen LogP contribution in [0.25, 0.3) is 22.5 Å². The lowest BCUT2D eigenvalue weighted by molar-refractivity contribution is 0.651. The van der Waals surface area contributed by atoms with Crippen LogP contribution >= 0.6 is 24.4 Å². The van der Waals surface area contributed by atoms with Gasteiger partial charge < -0.3 is 9.55 Å². The molecule has 0 spiro atoms. The van der Waals surface area contributed by atoms with Gasteiger partial charge in [0.2, 0.25) is 0 Å². The Labute approximate surface area is 194 Å². The number of aromatic amines is 1. The second kappa shape index (κ2) is 10.7. The van der Waals surface area contributed by atoms with Crippen molar-refractivity contribution in [1.29, 1.82) is 0 Å². The molecular weight excluding hydrogens is 420 g/mol. The van der Waals surface area contributed by atoms with Crippen molar-refractivity contribution >= 4 is 24.4 Å². The number of aromatic nitrogens is 4. The van der Waals surface area contributed by atoms with Gasteiger partial charge in [-0.1, -0.05) is 85.3 Å². The van der Waals surface area contributed by atoms with E-state index < -0.39 is 0 Å². The van der Waals surface area contributed by atoms with Crippen LogP contribution in [0.15, 0.2) is 78.2 Å². The fraction of sp³-hybridized carbons (Fsp3) is 0.280. The molecule has 0 bridgehead atoms. The average molecular weight is 449 g/mol. The van der Waals surface area contributed by atoms with Crippen molar-refractivity contribution in [3.63, 3.8) is 0 Å². The van der Waals surface area contributed by atoms with Crippen LogP contribution in [-0.4, -0.2) is 25.3 Å². The Morgan fingerprint density at radius 1 is 0.968 bits per heavy atom. The second-order valence-electron chi connectivity index (χ2n) is 7.61. The van der Waals surface area contributed by atoms with Crippen molar-refractivity contribution in [1.82, 2.24) is 19.5 Å². The van der Waals surface area contributed by atoms with E-state index in [1.807, 2.05) is 43.3 Å². The topological polar surface area (TPSA) is 46.5 Å². The number of H-pyrrole nitrogens is 1. The predicted molar refractivity (Wildman–Crippen MR) is 134 cm³/mol. The molecule has 0 saturated heterocycles. The Kier molecular flexibility index (Phi) is 7.54. The molecule has 0 aliphatic heterocycles. The summed E-state index contributed by atoms with van der Waals surface area (Å²) in [5, 5.41) is 1.19. The molecule has 4 rings (SSSR count). The van der Waals surface area contributed by atoms with Crippen molar-refractivity contribution in [2.24, 2.45) is 7.05 Å². The van der Waals surface area contributed by atoms with Crippen molar-refractivity contribution in [2.75, 3.05) is 5.75 Å². The monoisotopic (exact) mass is 448 g/mol. The van der Waals surface area contributed by atoms with Crippen LogP contribution in [0.2, 0.25) is 0 Å². The van der Waals surface area contributed by atoms with Gasteiger partial charge in [0.05, 0.1) is 16.6 Å². The molecule has 0 fully saturated rings. The Balaban J connectivity index is 1.37. The minimum atomic E-state index is 0.0992. The molecule has 4 aromatic rings. The summed E-state index contributed by atoms with van der Waals surface area (Å²) < 4.78 is 2.07. The lowest BCUT2D eigenvalue weighted by Crippen LogP contribution is -1.95. The molecule has 0 saturated carbocycles. The summed E-state index contributed by atoms with van der Waals surface area (Å²) in [6, 6.07) is 20.8. The van der Waals surface area contributed by atoms with E-state index in [4.69, 9.17) is 17.6 Å². The van der Waals surface area contributed by atoms with Crippen LogP contribution in [0.4, 0.5) is 0 Å². The van der Waals surface area contributed by atoms with Gasteiger partial charge in [-0.05, 0) is 12.8 Å². The van der Waals surface area contributed by atoms with E-state index in [0.717, 1.165) is 52.1 Å². The summed E-state index contributed by atoms with van der Waals surface area (Å²) in [6.07, 6.45) is 8.35. The third kappa shape index (κ3) is 5.63. The number of benzene rings is 2. The molecule has 0 aliphatic rings. The first kappa shape index (κ1) is 21.8. The van der Waals surface area contributed by atoms with Crippen molar-refractivity contribution in [3.8, 4) is 22.5 Å². The van der Waals surface area contributed by atoms with Gasteiger partial charge in [0.25, 0.3) is 0 Å². The molecule has 1 atom stereocenters. The highest BCUT2D eigenvalue weighted by Gasteiger charge is 2.18. The molecule has 0 amide bonds. The van der Waals surface area contributed by atoms with Crippen LogP contribution in [-0.2, 0) is 7.05 Å². The molecule has 31 heavy (non-hydrogen) atoms. The van der Waals surface area contributed by atoms with Gasteiger partial charge in [0.15, 0.2) is 5.16 Å². The highest BCUT2D eigenvalue weighted by Crippen LogP contribution is 2.34. The summed E-state index contributed by atoms with van der Waals surface area (Å²) in [4.78, 5) is 12.9. The van der Waals surface area contributed by atoms with E-state index in [0.29, 0.717) is 0 Å². The van der Waals surface area contributed by atoms with E-state index >= 15 is 0 Å². The maximum absolute atomic E-state index is 4.97. The smallest absolute Gasteiger partial charge is 0.167 e. The van der Waals surface area contributed by atoms with Gasteiger partial charge in [-0.25, -0.2) is 9.97 Å². The van der Waals surface area contributed by atoms with Gasteiger partial charge in [-0.3, -0.25) is 0 Å². The highest BCUT2D eigenvalue weighted by molar-refractivity contribution is 7.99. The Hall–Kier alpha value is -2.44. The van der Waals surface area contributed by atoms with E-state index in [-0.39, 0.29) is 5.25 Å². The third-order valence-corrected chi connectivity index (χ3v) is 6.92. The molecule has 6 heteroatoms. The fourth-order valence-corrected chi connectivity index (χ4v) is 4.81. The Bertz CT molecular complexity index is 1020. The zero-order valence-electron chi connectivity index (χ0n) is 17.7. The second-order valence-corrected chi connectivity index (χ2v) is 9.30. The number of rotatable bonds is 10. The molecule has 2 heterocycles. The average Bonchev–Trinajstić information content (AvgIpc) is 3.44. The minimum Gasteiger partial charge on any atom is -0.341 e. The van der Waals surface area contributed by atoms with Gasteiger partial charge >= 0.3 is 0 Å². The first-order chi connectivity index (χ1) is 15.2. The van der Waals surface area contributed by atoms with Crippen LogP contribution in [0, 0.1) is 0 Å². The fourth-order valence-electron chi connectivity index (χ4n) is 3.58. The minimum absolute atomic E-state index is 0.0992. The van der Waals surface area contributed by atoms with Crippen molar-refractivity contribution < 1.29 is 0 Å². The summed E-state index contributed by atoms with van der Waals surface area (Å²) in [5.74, 6) is 2.04. The predicted octanol–water partition coefficient (Wildman–Crippen LogP) is 6.80. The maximum Gasteiger partial charge on any atom is 0.167 e. The molecule has 0 aliphatic carbocycles. The van der Waals surface area contributed by atoms with Crippen LogP contribution in [0.3, 0.4) is 0 Å². The standard InChI is InChI=1S/C25H28N4S2/c1-29-17-16-26-25(29)31-18-10-4-9-15-21(30)24-27-22(19-11-5-2-6-12-19)23(28-24)20-13-7-3-8-14-20/h2-3,5-8,11-14,16-17,21,30H,4,9-10,15,18H2,1H3,(H,27,28). The molecule has 160 valence electrons. The lowest BCUT2D eigenvalue weighted by Gasteiger charge is -2.07. The van der Waals surface area contributed by atoms with E-state index in [1.54, 1.807) is 0 Å². The largest absolute Gasteiger partial charge is 0.341 e. The van der Waals surface area contributed by atoms with E-state index in [9.17, 15) is 0 Å². The highest BCUT2D eigenvalue weighted by atomic mass is 32.2. The number of nitrogens with one attached hydrogen (secondary N) is 1. The summed E-state index contributed by atoms with van der Waals surface area (Å²) in [7, 11) is 2.04. The Morgan fingerprint density at radius 3 is 2.35 bits per heavy atom. The lowest BCUT2D eigenvalue weighted by atomic mass is 10.1. The van der Waals surface area contributed by atoms with Gasteiger partial charge in [0, 0.05) is 36.3 Å². The maximum atomic E-state index is 4.97. The number of unbranched alkanes of at least 4 members (excludes halogenated alkanes) is 2.